The fourth-order valence-electron chi connectivity index (χ4n) is 2.49. The summed E-state index contributed by atoms with van der Waals surface area (Å²) in [5.74, 6) is 0.253. The van der Waals surface area contributed by atoms with E-state index in [1.807, 2.05) is 0 Å². The molecule has 0 radical (unpaired) electrons. The van der Waals surface area contributed by atoms with Crippen LogP contribution < -0.4 is 11.1 Å². The van der Waals surface area contributed by atoms with E-state index in [0.29, 0.717) is 5.82 Å². The van der Waals surface area contributed by atoms with Crippen LogP contribution in [0.4, 0.5) is 11.5 Å². The van der Waals surface area contributed by atoms with Gasteiger partial charge >= 0.3 is 5.97 Å². The molecule has 0 aliphatic heterocycles. The Morgan fingerprint density at radius 2 is 2.22 bits per heavy atom. The van der Waals surface area contributed by atoms with Crippen LogP contribution in [-0.4, -0.2) is 22.6 Å². The van der Waals surface area contributed by atoms with Gasteiger partial charge in [-0.15, -0.1) is 0 Å². The average molecular weight is 249 g/mol. The van der Waals surface area contributed by atoms with Crippen molar-refractivity contribution in [1.29, 1.82) is 0 Å². The smallest absolute Gasteiger partial charge is 0.337 e. The Labute approximate surface area is 106 Å². The third kappa shape index (κ3) is 2.91. The van der Waals surface area contributed by atoms with Crippen molar-refractivity contribution in [1.82, 2.24) is 4.98 Å². The van der Waals surface area contributed by atoms with E-state index in [-0.39, 0.29) is 11.3 Å². The summed E-state index contributed by atoms with van der Waals surface area (Å²) >= 11 is 0. The third-order valence-corrected chi connectivity index (χ3v) is 3.54. The summed E-state index contributed by atoms with van der Waals surface area (Å²) in [6, 6.07) is 1.42. The van der Waals surface area contributed by atoms with Crippen molar-refractivity contribution >= 4 is 17.5 Å². The van der Waals surface area contributed by atoms with E-state index in [4.69, 9.17) is 10.8 Å². The predicted octanol–water partition coefficient (Wildman–Crippen LogP) is 2.35. The van der Waals surface area contributed by atoms with Crippen molar-refractivity contribution in [2.45, 2.75) is 32.1 Å². The molecule has 18 heavy (non-hydrogen) atoms. The number of nitrogen functional groups attached to an aromatic ring is 1. The fourth-order valence-corrected chi connectivity index (χ4v) is 2.49. The van der Waals surface area contributed by atoms with Gasteiger partial charge in [0.2, 0.25) is 0 Å². The molecule has 98 valence electrons. The van der Waals surface area contributed by atoms with E-state index in [1.165, 1.54) is 37.9 Å². The third-order valence-electron chi connectivity index (χ3n) is 3.54. The van der Waals surface area contributed by atoms with Gasteiger partial charge in [-0.05, 0) is 18.4 Å². The zero-order valence-electron chi connectivity index (χ0n) is 10.4. The topological polar surface area (TPSA) is 88.2 Å². The normalized spacial score (nSPS) is 15.8. The Hall–Kier alpha value is -1.78. The molecule has 0 atom stereocenters. The van der Waals surface area contributed by atoms with Crippen molar-refractivity contribution in [3.05, 3.63) is 17.8 Å². The lowest BCUT2D eigenvalue weighted by Crippen LogP contribution is -2.12. The largest absolute Gasteiger partial charge is 0.478 e. The summed E-state index contributed by atoms with van der Waals surface area (Å²) in [5, 5.41) is 12.1. The molecular weight excluding hydrogens is 230 g/mol. The number of carboxylic acids is 1. The first-order chi connectivity index (χ1) is 8.68. The molecule has 1 aromatic rings. The lowest BCUT2D eigenvalue weighted by molar-refractivity contribution is 0.0698. The molecule has 1 heterocycles. The number of carbonyl (C=O) groups is 1. The molecule has 0 amide bonds. The Morgan fingerprint density at radius 1 is 1.50 bits per heavy atom. The fraction of sp³-hybridized carbons (Fsp3) is 0.538. The Bertz CT molecular complexity index is 428. The van der Waals surface area contributed by atoms with Gasteiger partial charge in [-0.3, -0.25) is 0 Å². The van der Waals surface area contributed by atoms with Gasteiger partial charge in [0.1, 0.15) is 5.82 Å². The molecular formula is C13H19N3O2. The molecule has 1 aliphatic rings. The molecule has 1 aliphatic carbocycles. The Balaban J connectivity index is 1.92. The minimum atomic E-state index is -1.02. The van der Waals surface area contributed by atoms with E-state index in [0.717, 1.165) is 18.9 Å². The van der Waals surface area contributed by atoms with Crippen LogP contribution >= 0.6 is 0 Å². The zero-order valence-corrected chi connectivity index (χ0v) is 10.4. The van der Waals surface area contributed by atoms with Crippen LogP contribution in [0.5, 0.6) is 0 Å². The maximum absolute atomic E-state index is 10.9. The van der Waals surface area contributed by atoms with Gasteiger partial charge in [0, 0.05) is 12.7 Å². The van der Waals surface area contributed by atoms with E-state index < -0.39 is 5.97 Å². The summed E-state index contributed by atoms with van der Waals surface area (Å²) in [5.41, 5.74) is 6.10. The summed E-state index contributed by atoms with van der Waals surface area (Å²) in [6.45, 7) is 0.797. The van der Waals surface area contributed by atoms with E-state index in [1.54, 1.807) is 0 Å². The van der Waals surface area contributed by atoms with E-state index in [2.05, 4.69) is 10.3 Å². The van der Waals surface area contributed by atoms with E-state index in [9.17, 15) is 4.79 Å². The van der Waals surface area contributed by atoms with Gasteiger partial charge in [-0.1, -0.05) is 25.7 Å². The highest BCUT2D eigenvalue weighted by Gasteiger charge is 2.15. The number of hydrogen-bond donors (Lipinski definition) is 3. The molecule has 4 N–H and O–H groups in total. The van der Waals surface area contributed by atoms with Gasteiger partial charge in [-0.25, -0.2) is 9.78 Å². The molecule has 2 rings (SSSR count). The van der Waals surface area contributed by atoms with Gasteiger partial charge < -0.3 is 16.2 Å². The second-order valence-electron chi connectivity index (χ2n) is 4.79. The highest BCUT2D eigenvalue weighted by atomic mass is 16.4. The molecule has 5 heteroatoms. The molecule has 1 aromatic heterocycles. The number of aromatic carboxylic acids is 1. The quantitative estimate of drug-likeness (QED) is 0.745. The summed E-state index contributed by atoms with van der Waals surface area (Å²) in [4.78, 5) is 15.0. The number of aromatic nitrogens is 1. The molecule has 0 bridgehead atoms. The maximum Gasteiger partial charge on any atom is 0.337 e. The van der Waals surface area contributed by atoms with Gasteiger partial charge in [0.25, 0.3) is 0 Å². The minimum absolute atomic E-state index is 0.105. The Morgan fingerprint density at radius 3 is 2.89 bits per heavy atom. The molecule has 1 saturated carbocycles. The molecule has 0 unspecified atom stereocenters. The standard InChI is InChI=1S/C13H19N3O2/c14-11-10(13(17)18)6-8-16-12(11)15-7-5-9-3-1-2-4-9/h6,8-9H,1-5,7,14H2,(H,15,16)(H,17,18). The van der Waals surface area contributed by atoms with Gasteiger partial charge in [-0.2, -0.15) is 0 Å². The second-order valence-corrected chi connectivity index (χ2v) is 4.79. The predicted molar refractivity (Wildman–Crippen MR) is 70.7 cm³/mol. The van der Waals surface area contributed by atoms with Crippen LogP contribution in [-0.2, 0) is 0 Å². The molecule has 0 aromatic carbocycles. The highest BCUT2D eigenvalue weighted by Crippen LogP contribution is 2.27. The van der Waals surface area contributed by atoms with E-state index >= 15 is 0 Å². The Kier molecular flexibility index (Phi) is 4.02. The number of hydrogen-bond acceptors (Lipinski definition) is 4. The second kappa shape index (κ2) is 5.71. The van der Waals surface area contributed by atoms with Crippen LogP contribution in [0.1, 0.15) is 42.5 Å². The molecule has 5 nitrogen and oxygen atoms in total. The van der Waals surface area contributed by atoms with Gasteiger partial charge in [0.15, 0.2) is 0 Å². The summed E-state index contributed by atoms with van der Waals surface area (Å²) in [6.07, 6.45) is 7.84. The lowest BCUT2D eigenvalue weighted by atomic mass is 10.0. The van der Waals surface area contributed by atoms with Crippen LogP contribution in [0.3, 0.4) is 0 Å². The van der Waals surface area contributed by atoms with Crippen molar-refractivity contribution in [2.75, 3.05) is 17.6 Å². The van der Waals surface area contributed by atoms with Crippen molar-refractivity contribution < 1.29 is 9.90 Å². The van der Waals surface area contributed by atoms with Crippen molar-refractivity contribution in [2.24, 2.45) is 5.92 Å². The number of nitrogens with zero attached hydrogens (tertiary/aromatic N) is 1. The first-order valence-corrected chi connectivity index (χ1v) is 6.40. The first kappa shape index (κ1) is 12.7. The lowest BCUT2D eigenvalue weighted by Gasteiger charge is -2.12. The maximum atomic E-state index is 10.9. The summed E-state index contributed by atoms with van der Waals surface area (Å²) < 4.78 is 0. The minimum Gasteiger partial charge on any atom is -0.478 e. The number of carboxylic acid groups (broad SMARTS) is 1. The monoisotopic (exact) mass is 249 g/mol. The zero-order chi connectivity index (χ0) is 13.0. The number of pyridine rings is 1. The summed E-state index contributed by atoms with van der Waals surface area (Å²) in [7, 11) is 0. The van der Waals surface area contributed by atoms with Crippen molar-refractivity contribution in [3.63, 3.8) is 0 Å². The number of nitrogens with two attached hydrogens (primary N) is 1. The number of rotatable bonds is 5. The first-order valence-electron chi connectivity index (χ1n) is 6.40. The van der Waals surface area contributed by atoms with Crippen molar-refractivity contribution in [3.8, 4) is 0 Å². The van der Waals surface area contributed by atoms with Crippen LogP contribution in [0.2, 0.25) is 0 Å². The number of nitrogens with one attached hydrogen (secondary N) is 1. The van der Waals surface area contributed by atoms with Gasteiger partial charge in [0.05, 0.1) is 11.3 Å². The average Bonchev–Trinajstić information content (AvgIpc) is 2.84. The molecule has 0 spiro atoms. The molecule has 0 saturated heterocycles. The molecule has 1 fully saturated rings. The van der Waals surface area contributed by atoms with Crippen LogP contribution in [0.15, 0.2) is 12.3 Å². The van der Waals surface area contributed by atoms with Crippen LogP contribution in [0.25, 0.3) is 0 Å². The number of anilines is 2. The SMILES string of the molecule is Nc1c(C(=O)O)ccnc1NCCC1CCCC1. The van der Waals surface area contributed by atoms with Crippen LogP contribution in [0, 0.1) is 5.92 Å². The highest BCUT2D eigenvalue weighted by molar-refractivity contribution is 5.96.